The van der Waals surface area contributed by atoms with Gasteiger partial charge in [0.25, 0.3) is 5.56 Å². The molecule has 0 aliphatic heterocycles. The van der Waals surface area contributed by atoms with Crippen LogP contribution in [0.2, 0.25) is 0 Å². The molecule has 0 saturated carbocycles. The summed E-state index contributed by atoms with van der Waals surface area (Å²) in [5, 5.41) is 2.67. The number of aromatic amines is 1. The summed E-state index contributed by atoms with van der Waals surface area (Å²) in [6, 6.07) is 11.3. The number of amides is 1. The van der Waals surface area contributed by atoms with Crippen molar-refractivity contribution >= 4 is 12.2 Å². The number of rotatable bonds is 6. The third kappa shape index (κ3) is 5.82. The number of aryl methyl sites for hydroxylation is 1. The zero-order valence-electron chi connectivity index (χ0n) is 13.0. The predicted octanol–water partition coefficient (Wildman–Crippen LogP) is 3.01. The molecule has 5 heteroatoms. The Bertz CT molecular complexity index is 721. The van der Waals surface area contributed by atoms with Crippen LogP contribution < -0.4 is 10.9 Å². The van der Waals surface area contributed by atoms with Gasteiger partial charge in [-0.15, -0.1) is 0 Å². The van der Waals surface area contributed by atoms with Crippen molar-refractivity contribution < 1.29 is 9.53 Å². The van der Waals surface area contributed by atoms with Crippen LogP contribution >= 0.6 is 0 Å². The number of pyridine rings is 1. The second-order valence-corrected chi connectivity index (χ2v) is 5.14. The van der Waals surface area contributed by atoms with E-state index in [2.05, 4.69) is 10.3 Å². The molecular formula is C18H20N2O3. The summed E-state index contributed by atoms with van der Waals surface area (Å²) < 4.78 is 5.10. The maximum atomic E-state index is 11.6. The lowest BCUT2D eigenvalue weighted by Crippen LogP contribution is -2.24. The molecule has 1 aromatic carbocycles. The van der Waals surface area contributed by atoms with Gasteiger partial charge >= 0.3 is 6.09 Å². The van der Waals surface area contributed by atoms with Gasteiger partial charge in [0.15, 0.2) is 0 Å². The summed E-state index contributed by atoms with van der Waals surface area (Å²) in [4.78, 5) is 25.8. The average molecular weight is 312 g/mol. The van der Waals surface area contributed by atoms with Gasteiger partial charge in [-0.3, -0.25) is 4.79 Å². The number of carbonyl (C=O) groups excluding carboxylic acids is 1. The Hall–Kier alpha value is -2.82. The van der Waals surface area contributed by atoms with Crippen LogP contribution in [-0.4, -0.2) is 17.6 Å². The van der Waals surface area contributed by atoms with E-state index in [9.17, 15) is 9.59 Å². The molecule has 0 radical (unpaired) electrons. The van der Waals surface area contributed by atoms with E-state index in [4.69, 9.17) is 4.74 Å². The van der Waals surface area contributed by atoms with Gasteiger partial charge in [-0.2, -0.15) is 0 Å². The lowest BCUT2D eigenvalue weighted by molar-refractivity contribution is 0.140. The topological polar surface area (TPSA) is 71.2 Å². The SMILES string of the molecule is Cc1c[nH]c(=O)c(C=CCCNC(=O)OCc2ccccc2)c1. The molecule has 1 heterocycles. The number of H-pyrrole nitrogens is 1. The standard InChI is InChI=1S/C18H20N2O3/c1-14-11-16(17(21)20-12-14)9-5-6-10-19-18(22)23-13-15-7-3-2-4-8-15/h2-5,7-9,11-12H,6,10,13H2,1H3,(H,19,22)(H,20,21). The van der Waals surface area contributed by atoms with Crippen molar-refractivity contribution in [3.05, 3.63) is 75.7 Å². The highest BCUT2D eigenvalue weighted by atomic mass is 16.5. The molecule has 0 fully saturated rings. The van der Waals surface area contributed by atoms with E-state index in [1.807, 2.05) is 49.4 Å². The van der Waals surface area contributed by atoms with Crippen LogP contribution in [0.15, 0.2) is 53.5 Å². The largest absolute Gasteiger partial charge is 0.445 e. The van der Waals surface area contributed by atoms with Gasteiger partial charge in [0.1, 0.15) is 6.61 Å². The van der Waals surface area contributed by atoms with Gasteiger partial charge < -0.3 is 15.0 Å². The van der Waals surface area contributed by atoms with Gasteiger partial charge in [-0.05, 0) is 30.5 Å². The number of carbonyl (C=O) groups is 1. The van der Waals surface area contributed by atoms with Gasteiger partial charge in [-0.1, -0.05) is 42.5 Å². The number of alkyl carbamates (subject to hydrolysis) is 1. The first-order chi connectivity index (χ1) is 11.1. The first-order valence-corrected chi connectivity index (χ1v) is 7.45. The Labute approximate surface area is 135 Å². The fraction of sp³-hybridized carbons (Fsp3) is 0.222. The van der Waals surface area contributed by atoms with Crippen LogP contribution in [0.4, 0.5) is 4.79 Å². The summed E-state index contributed by atoms with van der Waals surface area (Å²) in [5.41, 5.74) is 2.42. The van der Waals surface area contributed by atoms with E-state index in [1.165, 1.54) is 0 Å². The summed E-state index contributed by atoms with van der Waals surface area (Å²) in [5.74, 6) is 0. The quantitative estimate of drug-likeness (QED) is 0.805. The molecule has 120 valence electrons. The van der Waals surface area contributed by atoms with Crippen molar-refractivity contribution in [1.29, 1.82) is 0 Å². The molecule has 2 N–H and O–H groups in total. The Morgan fingerprint density at radius 2 is 2.09 bits per heavy atom. The highest BCUT2D eigenvalue weighted by molar-refractivity contribution is 5.67. The molecule has 1 amide bonds. The molecule has 0 aliphatic carbocycles. The molecule has 0 saturated heterocycles. The van der Waals surface area contributed by atoms with Crippen molar-refractivity contribution in [2.24, 2.45) is 0 Å². The van der Waals surface area contributed by atoms with Crippen LogP contribution in [0.1, 0.15) is 23.1 Å². The van der Waals surface area contributed by atoms with E-state index in [1.54, 1.807) is 12.3 Å². The van der Waals surface area contributed by atoms with E-state index < -0.39 is 6.09 Å². The van der Waals surface area contributed by atoms with E-state index in [0.29, 0.717) is 18.5 Å². The summed E-state index contributed by atoms with van der Waals surface area (Å²) in [6.45, 7) is 2.62. The first-order valence-electron chi connectivity index (χ1n) is 7.45. The van der Waals surface area contributed by atoms with Crippen LogP contribution in [-0.2, 0) is 11.3 Å². The molecule has 2 rings (SSSR count). The maximum Gasteiger partial charge on any atom is 0.407 e. The van der Waals surface area contributed by atoms with Crippen molar-refractivity contribution in [1.82, 2.24) is 10.3 Å². The average Bonchev–Trinajstić information content (AvgIpc) is 2.56. The molecular weight excluding hydrogens is 292 g/mol. The van der Waals surface area contributed by atoms with Gasteiger partial charge in [0.05, 0.1) is 0 Å². The van der Waals surface area contributed by atoms with Crippen LogP contribution in [0.5, 0.6) is 0 Å². The summed E-state index contributed by atoms with van der Waals surface area (Å²) >= 11 is 0. The molecule has 5 nitrogen and oxygen atoms in total. The normalized spacial score (nSPS) is 10.7. The highest BCUT2D eigenvalue weighted by Crippen LogP contribution is 2.01. The highest BCUT2D eigenvalue weighted by Gasteiger charge is 2.01. The van der Waals surface area contributed by atoms with E-state index in [0.717, 1.165) is 11.1 Å². The molecule has 0 atom stereocenters. The molecule has 0 aliphatic rings. The zero-order valence-corrected chi connectivity index (χ0v) is 13.0. The fourth-order valence-corrected chi connectivity index (χ4v) is 1.98. The Balaban J connectivity index is 1.68. The Morgan fingerprint density at radius 3 is 2.87 bits per heavy atom. The van der Waals surface area contributed by atoms with Crippen molar-refractivity contribution in [3.63, 3.8) is 0 Å². The number of nitrogens with one attached hydrogen (secondary N) is 2. The Morgan fingerprint density at radius 1 is 1.30 bits per heavy atom. The lowest BCUT2D eigenvalue weighted by Gasteiger charge is -2.05. The first kappa shape index (κ1) is 16.5. The lowest BCUT2D eigenvalue weighted by atomic mass is 10.2. The number of hydrogen-bond donors (Lipinski definition) is 2. The second kappa shape index (κ2) is 8.58. The number of hydrogen-bond acceptors (Lipinski definition) is 3. The minimum atomic E-state index is -0.448. The monoisotopic (exact) mass is 312 g/mol. The van der Waals surface area contributed by atoms with Crippen molar-refractivity contribution in [3.8, 4) is 0 Å². The van der Waals surface area contributed by atoms with Crippen molar-refractivity contribution in [2.75, 3.05) is 6.54 Å². The molecule has 0 bridgehead atoms. The summed E-state index contributed by atoms with van der Waals surface area (Å²) in [6.07, 6.45) is 5.44. The third-order valence-corrected chi connectivity index (χ3v) is 3.17. The third-order valence-electron chi connectivity index (χ3n) is 3.17. The minimum absolute atomic E-state index is 0.123. The summed E-state index contributed by atoms with van der Waals surface area (Å²) in [7, 11) is 0. The smallest absolute Gasteiger partial charge is 0.407 e. The maximum absolute atomic E-state index is 11.6. The molecule has 0 spiro atoms. The molecule has 23 heavy (non-hydrogen) atoms. The van der Waals surface area contributed by atoms with Crippen LogP contribution in [0, 0.1) is 6.92 Å². The van der Waals surface area contributed by atoms with Crippen molar-refractivity contribution in [2.45, 2.75) is 20.0 Å². The molecule has 2 aromatic rings. The van der Waals surface area contributed by atoms with E-state index in [-0.39, 0.29) is 12.2 Å². The molecule has 0 unspecified atom stereocenters. The fourth-order valence-electron chi connectivity index (χ4n) is 1.98. The number of ether oxygens (including phenoxy) is 1. The Kier molecular flexibility index (Phi) is 6.17. The second-order valence-electron chi connectivity index (χ2n) is 5.14. The zero-order chi connectivity index (χ0) is 16.5. The number of benzene rings is 1. The van der Waals surface area contributed by atoms with Gasteiger partial charge in [-0.25, -0.2) is 4.79 Å². The molecule has 1 aromatic heterocycles. The minimum Gasteiger partial charge on any atom is -0.445 e. The van der Waals surface area contributed by atoms with Gasteiger partial charge in [0.2, 0.25) is 0 Å². The predicted molar refractivity (Wildman–Crippen MR) is 90.1 cm³/mol. The van der Waals surface area contributed by atoms with E-state index >= 15 is 0 Å². The number of aromatic nitrogens is 1. The van der Waals surface area contributed by atoms with Crippen LogP contribution in [0.25, 0.3) is 6.08 Å². The van der Waals surface area contributed by atoms with Gasteiger partial charge in [0, 0.05) is 18.3 Å². The van der Waals surface area contributed by atoms with Crippen LogP contribution in [0.3, 0.4) is 0 Å².